The molecule has 0 saturated carbocycles. The molecule has 0 radical (unpaired) electrons. The van der Waals surface area contributed by atoms with Crippen molar-refractivity contribution < 1.29 is 27.9 Å². The van der Waals surface area contributed by atoms with Crippen LogP contribution in [0, 0.1) is 0 Å². The number of amides is 1. The minimum Gasteiger partial charge on any atom is -0.442 e. The maximum absolute atomic E-state index is 12.5. The van der Waals surface area contributed by atoms with Gasteiger partial charge in [-0.05, 0) is 58.2 Å². The lowest BCUT2D eigenvalue weighted by Gasteiger charge is -2.27. The fourth-order valence-electron chi connectivity index (χ4n) is 1.85. The zero-order chi connectivity index (χ0) is 17.8. The van der Waals surface area contributed by atoms with Crippen LogP contribution in [0.3, 0.4) is 0 Å². The molecule has 1 atom stereocenters. The van der Waals surface area contributed by atoms with Crippen LogP contribution in [-0.2, 0) is 17.3 Å². The number of aryl methyl sites for hydroxylation is 1. The minimum absolute atomic E-state index is 0.390. The smallest absolute Gasteiger partial charge is 0.434 e. The van der Waals surface area contributed by atoms with E-state index in [9.17, 15) is 23.2 Å². The Hall–Kier alpha value is -1.76. The summed E-state index contributed by atoms with van der Waals surface area (Å²) >= 11 is 0. The standard InChI is InChI=1S/C16H22F3NO3/c1-11(20(22)14(21)23-15(2,3)4)5-6-12-7-9-13(10-8-12)16(17,18)19/h7-11,22H,5-6H2,1-4H3/t11-/m1/s1. The van der Waals surface area contributed by atoms with Crippen molar-refractivity contribution in [2.45, 2.75) is 58.4 Å². The van der Waals surface area contributed by atoms with Crippen molar-refractivity contribution in [3.05, 3.63) is 35.4 Å². The van der Waals surface area contributed by atoms with Crippen molar-refractivity contribution in [1.29, 1.82) is 0 Å². The molecule has 1 aromatic rings. The number of halogens is 3. The summed E-state index contributed by atoms with van der Waals surface area (Å²) in [7, 11) is 0. The topological polar surface area (TPSA) is 49.8 Å². The summed E-state index contributed by atoms with van der Waals surface area (Å²) < 4.78 is 42.5. The number of nitrogens with zero attached hydrogens (tertiary/aromatic N) is 1. The van der Waals surface area contributed by atoms with Crippen LogP contribution in [0.25, 0.3) is 0 Å². The Kier molecular flexibility index (Phi) is 6.04. The Labute approximate surface area is 133 Å². The molecule has 7 heteroatoms. The van der Waals surface area contributed by atoms with Gasteiger partial charge in [-0.1, -0.05) is 12.1 Å². The fourth-order valence-corrected chi connectivity index (χ4v) is 1.85. The van der Waals surface area contributed by atoms with Gasteiger partial charge in [-0.25, -0.2) is 4.79 Å². The van der Waals surface area contributed by atoms with Crippen LogP contribution in [0.2, 0.25) is 0 Å². The van der Waals surface area contributed by atoms with Gasteiger partial charge in [0.25, 0.3) is 0 Å². The molecule has 130 valence electrons. The van der Waals surface area contributed by atoms with E-state index in [4.69, 9.17) is 4.74 Å². The number of rotatable bonds is 4. The van der Waals surface area contributed by atoms with Gasteiger partial charge in [0.2, 0.25) is 0 Å². The first-order valence-corrected chi connectivity index (χ1v) is 7.27. The highest BCUT2D eigenvalue weighted by Gasteiger charge is 2.30. The summed E-state index contributed by atoms with van der Waals surface area (Å²) in [4.78, 5) is 11.7. The van der Waals surface area contributed by atoms with Crippen LogP contribution < -0.4 is 0 Å². The number of hydrogen-bond donors (Lipinski definition) is 1. The van der Waals surface area contributed by atoms with Crippen LogP contribution in [-0.4, -0.2) is 28.0 Å². The summed E-state index contributed by atoms with van der Waals surface area (Å²) in [5, 5.41) is 10.3. The van der Waals surface area contributed by atoms with Crippen LogP contribution in [0.5, 0.6) is 0 Å². The summed E-state index contributed by atoms with van der Waals surface area (Å²) in [5.74, 6) is 0. The molecule has 0 saturated heterocycles. The number of alkyl halides is 3. The Bertz CT molecular complexity index is 521. The average molecular weight is 333 g/mol. The molecule has 0 heterocycles. The maximum atomic E-state index is 12.5. The van der Waals surface area contributed by atoms with E-state index in [0.29, 0.717) is 23.5 Å². The zero-order valence-electron chi connectivity index (χ0n) is 13.6. The average Bonchev–Trinajstić information content (AvgIpc) is 2.41. The molecule has 0 aliphatic rings. The van der Waals surface area contributed by atoms with E-state index in [0.717, 1.165) is 12.1 Å². The molecule has 1 N–H and O–H groups in total. The van der Waals surface area contributed by atoms with Crippen LogP contribution in [0.15, 0.2) is 24.3 Å². The Morgan fingerprint density at radius 3 is 2.17 bits per heavy atom. The highest BCUT2D eigenvalue weighted by molar-refractivity contribution is 5.66. The predicted octanol–water partition coefficient (Wildman–Crippen LogP) is 4.65. The third kappa shape index (κ3) is 6.48. The number of carbonyl (C=O) groups is 1. The largest absolute Gasteiger partial charge is 0.442 e. The number of hydrogen-bond acceptors (Lipinski definition) is 3. The number of ether oxygens (including phenoxy) is 1. The van der Waals surface area contributed by atoms with Crippen molar-refractivity contribution in [2.75, 3.05) is 0 Å². The second-order valence-electron chi connectivity index (χ2n) is 6.41. The maximum Gasteiger partial charge on any atom is 0.434 e. The number of hydroxylamine groups is 2. The predicted molar refractivity (Wildman–Crippen MR) is 79.1 cm³/mol. The number of benzene rings is 1. The molecule has 0 unspecified atom stereocenters. The SMILES string of the molecule is C[C@H](CCc1ccc(C(F)(F)F)cc1)N(O)C(=O)OC(C)(C)C. The van der Waals surface area contributed by atoms with E-state index >= 15 is 0 Å². The first-order chi connectivity index (χ1) is 10.4. The molecule has 0 spiro atoms. The molecule has 4 nitrogen and oxygen atoms in total. The van der Waals surface area contributed by atoms with E-state index < -0.39 is 29.5 Å². The van der Waals surface area contributed by atoms with Gasteiger partial charge in [0.15, 0.2) is 0 Å². The van der Waals surface area contributed by atoms with Crippen molar-refractivity contribution in [3.63, 3.8) is 0 Å². The third-order valence-corrected chi connectivity index (χ3v) is 3.13. The third-order valence-electron chi connectivity index (χ3n) is 3.13. The monoisotopic (exact) mass is 333 g/mol. The molecular formula is C16H22F3NO3. The second kappa shape index (κ2) is 7.21. The molecule has 0 aliphatic heterocycles. The van der Waals surface area contributed by atoms with Crippen LogP contribution >= 0.6 is 0 Å². The summed E-state index contributed by atoms with van der Waals surface area (Å²) in [6, 6.07) is 4.30. The molecular weight excluding hydrogens is 311 g/mol. The van der Waals surface area contributed by atoms with Gasteiger partial charge in [-0.2, -0.15) is 18.2 Å². The van der Waals surface area contributed by atoms with Crippen LogP contribution in [0.4, 0.5) is 18.0 Å². The Balaban J connectivity index is 2.55. The summed E-state index contributed by atoms with van der Waals surface area (Å²) in [6.07, 6.45) is -4.39. The van der Waals surface area contributed by atoms with Gasteiger partial charge >= 0.3 is 12.3 Å². The first kappa shape index (κ1) is 19.3. The van der Waals surface area contributed by atoms with E-state index in [1.54, 1.807) is 27.7 Å². The summed E-state index contributed by atoms with van der Waals surface area (Å²) in [6.45, 7) is 6.69. The van der Waals surface area contributed by atoms with Crippen molar-refractivity contribution >= 4 is 6.09 Å². The van der Waals surface area contributed by atoms with E-state index in [-0.39, 0.29) is 0 Å². The highest BCUT2D eigenvalue weighted by atomic mass is 19.4. The van der Waals surface area contributed by atoms with Gasteiger partial charge in [-0.15, -0.1) is 0 Å². The normalized spacial score (nSPS) is 13.6. The highest BCUT2D eigenvalue weighted by Crippen LogP contribution is 2.29. The number of carbonyl (C=O) groups excluding carboxylic acids is 1. The molecule has 0 bridgehead atoms. The van der Waals surface area contributed by atoms with E-state index in [1.165, 1.54) is 12.1 Å². The molecule has 1 aromatic carbocycles. The zero-order valence-corrected chi connectivity index (χ0v) is 13.6. The van der Waals surface area contributed by atoms with Crippen LogP contribution in [0.1, 0.15) is 45.2 Å². The van der Waals surface area contributed by atoms with Crippen molar-refractivity contribution in [3.8, 4) is 0 Å². The van der Waals surface area contributed by atoms with Gasteiger partial charge in [0.1, 0.15) is 5.60 Å². The molecule has 0 fully saturated rings. The van der Waals surface area contributed by atoms with Gasteiger partial charge in [-0.3, -0.25) is 5.21 Å². The molecule has 1 rings (SSSR count). The molecule has 23 heavy (non-hydrogen) atoms. The molecule has 0 aromatic heterocycles. The minimum atomic E-state index is -4.36. The van der Waals surface area contributed by atoms with Gasteiger partial charge in [0.05, 0.1) is 11.6 Å². The van der Waals surface area contributed by atoms with Gasteiger partial charge < -0.3 is 4.74 Å². The van der Waals surface area contributed by atoms with E-state index in [1.807, 2.05) is 0 Å². The second-order valence-corrected chi connectivity index (χ2v) is 6.41. The molecule has 0 aliphatic carbocycles. The molecule has 1 amide bonds. The van der Waals surface area contributed by atoms with Crippen molar-refractivity contribution in [2.24, 2.45) is 0 Å². The fraction of sp³-hybridized carbons (Fsp3) is 0.562. The van der Waals surface area contributed by atoms with Gasteiger partial charge in [0, 0.05) is 0 Å². The lowest BCUT2D eigenvalue weighted by Crippen LogP contribution is -2.40. The van der Waals surface area contributed by atoms with E-state index in [2.05, 4.69) is 0 Å². The quantitative estimate of drug-likeness (QED) is 0.644. The lowest BCUT2D eigenvalue weighted by atomic mass is 10.0. The Morgan fingerprint density at radius 1 is 1.22 bits per heavy atom. The first-order valence-electron chi connectivity index (χ1n) is 7.27. The lowest BCUT2D eigenvalue weighted by molar-refractivity contribution is -0.137. The Morgan fingerprint density at radius 2 is 1.74 bits per heavy atom. The summed E-state index contributed by atoms with van der Waals surface area (Å²) in [5.41, 5.74) is -0.722. The van der Waals surface area contributed by atoms with Crippen molar-refractivity contribution in [1.82, 2.24) is 5.06 Å².